The fourth-order valence-corrected chi connectivity index (χ4v) is 2.90. The number of carbonyl (C=O) groups is 1. The van der Waals surface area contributed by atoms with Crippen LogP contribution in [0.3, 0.4) is 0 Å². The van der Waals surface area contributed by atoms with Crippen molar-refractivity contribution in [3.8, 4) is 22.8 Å². The van der Waals surface area contributed by atoms with Crippen molar-refractivity contribution in [3.05, 3.63) is 65.2 Å². The molecule has 1 amide bonds. The van der Waals surface area contributed by atoms with Crippen molar-refractivity contribution in [1.82, 2.24) is 14.8 Å². The van der Waals surface area contributed by atoms with Gasteiger partial charge in [0.2, 0.25) is 5.91 Å². The first-order valence-electron chi connectivity index (χ1n) is 9.11. The molecule has 0 saturated carbocycles. The van der Waals surface area contributed by atoms with Crippen molar-refractivity contribution in [2.24, 2.45) is 0 Å². The maximum atomic E-state index is 12.8. The smallest absolute Gasteiger partial charge is 0.365 e. The molecule has 29 heavy (non-hydrogen) atoms. The van der Waals surface area contributed by atoms with Crippen LogP contribution in [0.5, 0.6) is 11.5 Å². The number of ether oxygens (including phenoxy) is 2. The van der Waals surface area contributed by atoms with E-state index < -0.39 is 11.7 Å². The van der Waals surface area contributed by atoms with Crippen LogP contribution < -0.4 is 20.5 Å². The van der Waals surface area contributed by atoms with E-state index in [2.05, 4.69) is 15.4 Å². The van der Waals surface area contributed by atoms with Gasteiger partial charge in [0.15, 0.2) is 0 Å². The molecule has 1 aromatic heterocycles. The summed E-state index contributed by atoms with van der Waals surface area (Å²) in [4.78, 5) is 29.4. The second kappa shape index (κ2) is 9.01. The van der Waals surface area contributed by atoms with E-state index in [0.717, 1.165) is 10.2 Å². The van der Waals surface area contributed by atoms with Crippen molar-refractivity contribution in [2.75, 3.05) is 19.5 Å². The average Bonchev–Trinajstić information content (AvgIpc) is 2.75. The molecule has 150 valence electrons. The predicted octanol–water partition coefficient (Wildman–Crippen LogP) is 2.91. The summed E-state index contributed by atoms with van der Waals surface area (Å²) in [5, 5.41) is 6.98. The number of nitrogens with zero attached hydrogens (tertiary/aromatic N) is 3. The molecule has 1 atom stereocenters. The van der Waals surface area contributed by atoms with Crippen LogP contribution >= 0.6 is 0 Å². The Morgan fingerprint density at radius 1 is 1.10 bits per heavy atom. The van der Waals surface area contributed by atoms with Gasteiger partial charge in [-0.05, 0) is 42.8 Å². The number of para-hydroxylation sites is 2. The van der Waals surface area contributed by atoms with Crippen LogP contribution in [0.4, 0.5) is 5.69 Å². The van der Waals surface area contributed by atoms with E-state index >= 15 is 0 Å². The summed E-state index contributed by atoms with van der Waals surface area (Å²) in [5.74, 6) is 0.865. The highest BCUT2D eigenvalue weighted by atomic mass is 16.5. The van der Waals surface area contributed by atoms with Gasteiger partial charge in [0, 0.05) is 5.56 Å². The molecule has 0 fully saturated rings. The Kier molecular flexibility index (Phi) is 6.23. The molecule has 3 aromatic rings. The standard InChI is InChI=1S/C21H22N4O4/c1-4-18(20(26)23-16-7-5-6-8-19(16)29-3)25-21(27)24-17(13-22-25)14-9-11-15(28-2)12-10-14/h5-13,18H,4H2,1-3H3,(H,23,26). The number of nitrogens with one attached hydrogen (secondary N) is 1. The van der Waals surface area contributed by atoms with Crippen LogP contribution in [0.25, 0.3) is 11.3 Å². The van der Waals surface area contributed by atoms with E-state index in [1.165, 1.54) is 13.3 Å². The summed E-state index contributed by atoms with van der Waals surface area (Å²) in [6, 6.07) is 13.4. The summed E-state index contributed by atoms with van der Waals surface area (Å²) >= 11 is 0. The minimum atomic E-state index is -0.801. The first kappa shape index (κ1) is 20.1. The summed E-state index contributed by atoms with van der Waals surface area (Å²) in [6.07, 6.45) is 1.85. The van der Waals surface area contributed by atoms with Crippen LogP contribution in [0.15, 0.2) is 59.5 Å². The zero-order chi connectivity index (χ0) is 20.8. The number of anilines is 1. The lowest BCUT2D eigenvalue weighted by molar-refractivity contribution is -0.119. The van der Waals surface area contributed by atoms with E-state index in [9.17, 15) is 9.59 Å². The van der Waals surface area contributed by atoms with Crippen molar-refractivity contribution in [1.29, 1.82) is 0 Å². The Hall–Kier alpha value is -3.68. The number of methoxy groups -OCH3 is 2. The minimum Gasteiger partial charge on any atom is -0.497 e. The molecule has 8 heteroatoms. The number of amides is 1. The first-order chi connectivity index (χ1) is 14.1. The Morgan fingerprint density at radius 2 is 1.83 bits per heavy atom. The summed E-state index contributed by atoms with van der Waals surface area (Å²) in [6.45, 7) is 1.80. The fourth-order valence-electron chi connectivity index (χ4n) is 2.90. The molecular formula is C21H22N4O4. The van der Waals surface area contributed by atoms with Gasteiger partial charge in [-0.3, -0.25) is 4.79 Å². The lowest BCUT2D eigenvalue weighted by Gasteiger charge is -2.17. The van der Waals surface area contributed by atoms with Gasteiger partial charge in [0.25, 0.3) is 0 Å². The van der Waals surface area contributed by atoms with E-state index in [1.54, 1.807) is 62.6 Å². The molecule has 0 saturated heterocycles. The van der Waals surface area contributed by atoms with Gasteiger partial charge >= 0.3 is 5.69 Å². The summed E-state index contributed by atoms with van der Waals surface area (Å²) in [7, 11) is 3.10. The monoisotopic (exact) mass is 394 g/mol. The molecule has 0 spiro atoms. The van der Waals surface area contributed by atoms with Gasteiger partial charge in [0.05, 0.1) is 31.8 Å². The zero-order valence-corrected chi connectivity index (χ0v) is 16.5. The number of rotatable bonds is 7. The van der Waals surface area contributed by atoms with Crippen LogP contribution in [0.1, 0.15) is 19.4 Å². The van der Waals surface area contributed by atoms with Crippen LogP contribution in [0.2, 0.25) is 0 Å². The molecule has 0 aliphatic heterocycles. The highest BCUT2D eigenvalue weighted by Crippen LogP contribution is 2.24. The molecule has 3 rings (SSSR count). The summed E-state index contributed by atoms with van der Waals surface area (Å²) in [5.41, 5.74) is 1.08. The third-order valence-corrected chi connectivity index (χ3v) is 4.45. The first-order valence-corrected chi connectivity index (χ1v) is 9.11. The third-order valence-electron chi connectivity index (χ3n) is 4.45. The van der Waals surface area contributed by atoms with Crippen LogP contribution in [0, 0.1) is 0 Å². The Morgan fingerprint density at radius 3 is 2.45 bits per heavy atom. The summed E-state index contributed by atoms with van der Waals surface area (Å²) < 4.78 is 11.5. The number of hydrogen-bond donors (Lipinski definition) is 1. The topological polar surface area (TPSA) is 95.3 Å². The van der Waals surface area contributed by atoms with Crippen LogP contribution in [-0.4, -0.2) is 34.9 Å². The highest BCUT2D eigenvalue weighted by Gasteiger charge is 2.22. The molecular weight excluding hydrogens is 372 g/mol. The SMILES string of the molecule is CCC(C(=O)Nc1ccccc1OC)n1ncc(-c2ccc(OC)cc2)nc1=O. The average molecular weight is 394 g/mol. The van der Waals surface area contributed by atoms with Crippen molar-refractivity contribution < 1.29 is 14.3 Å². The van der Waals surface area contributed by atoms with Crippen LogP contribution in [-0.2, 0) is 4.79 Å². The Balaban J connectivity index is 1.85. The molecule has 0 aliphatic carbocycles. The molecule has 0 bridgehead atoms. The van der Waals surface area contributed by atoms with Gasteiger partial charge in [-0.25, -0.2) is 9.48 Å². The molecule has 1 unspecified atom stereocenters. The van der Waals surface area contributed by atoms with Crippen molar-refractivity contribution >= 4 is 11.6 Å². The Bertz CT molecular complexity index is 1050. The Labute approximate surface area is 168 Å². The van der Waals surface area contributed by atoms with Gasteiger partial charge in [-0.2, -0.15) is 10.1 Å². The molecule has 1 N–H and O–H groups in total. The lowest BCUT2D eigenvalue weighted by Crippen LogP contribution is -2.36. The number of benzene rings is 2. The maximum absolute atomic E-state index is 12.8. The van der Waals surface area contributed by atoms with E-state index in [4.69, 9.17) is 9.47 Å². The van der Waals surface area contributed by atoms with Crippen molar-refractivity contribution in [3.63, 3.8) is 0 Å². The van der Waals surface area contributed by atoms with E-state index in [-0.39, 0.29) is 5.91 Å². The van der Waals surface area contributed by atoms with Gasteiger partial charge < -0.3 is 14.8 Å². The zero-order valence-electron chi connectivity index (χ0n) is 16.5. The minimum absolute atomic E-state index is 0.370. The third kappa shape index (κ3) is 4.43. The maximum Gasteiger partial charge on any atom is 0.365 e. The van der Waals surface area contributed by atoms with E-state index in [1.807, 2.05) is 0 Å². The largest absolute Gasteiger partial charge is 0.497 e. The molecule has 8 nitrogen and oxygen atoms in total. The van der Waals surface area contributed by atoms with Gasteiger partial charge in [0.1, 0.15) is 17.5 Å². The normalized spacial score (nSPS) is 11.6. The molecule has 1 heterocycles. The highest BCUT2D eigenvalue weighted by molar-refractivity contribution is 5.94. The molecule has 0 radical (unpaired) electrons. The predicted molar refractivity (Wildman–Crippen MR) is 109 cm³/mol. The second-order valence-electron chi connectivity index (χ2n) is 6.21. The fraction of sp³-hybridized carbons (Fsp3) is 0.238. The van der Waals surface area contributed by atoms with Crippen molar-refractivity contribution in [2.45, 2.75) is 19.4 Å². The van der Waals surface area contributed by atoms with Gasteiger partial charge in [-0.15, -0.1) is 0 Å². The molecule has 2 aromatic carbocycles. The lowest BCUT2D eigenvalue weighted by atomic mass is 10.1. The number of aromatic nitrogens is 3. The van der Waals surface area contributed by atoms with Gasteiger partial charge in [-0.1, -0.05) is 19.1 Å². The quantitative estimate of drug-likeness (QED) is 0.662. The second-order valence-corrected chi connectivity index (χ2v) is 6.21. The molecule has 0 aliphatic rings. The number of hydrogen-bond acceptors (Lipinski definition) is 6. The van der Waals surface area contributed by atoms with E-state index in [0.29, 0.717) is 29.3 Å². The number of carbonyl (C=O) groups excluding carboxylic acids is 1.